The molecule has 3 nitrogen and oxygen atoms in total. The van der Waals surface area contributed by atoms with Gasteiger partial charge in [0.1, 0.15) is 5.75 Å². The number of H-pyrrole nitrogens is 1. The second-order valence-electron chi connectivity index (χ2n) is 8.23. The Morgan fingerprint density at radius 1 is 0.784 bits per heavy atom. The topological polar surface area (TPSA) is 37.9 Å². The van der Waals surface area contributed by atoms with E-state index in [1.54, 1.807) is 7.11 Å². The fourth-order valence-electron chi connectivity index (χ4n) is 4.10. The van der Waals surface area contributed by atoms with Crippen molar-refractivity contribution >= 4 is 33.4 Å². The number of rotatable bonds is 3. The van der Waals surface area contributed by atoms with E-state index in [1.807, 2.05) is 99.6 Å². The number of aryl methyl sites for hydroxylation is 1. The zero-order valence-electron chi connectivity index (χ0n) is 22.5. The minimum atomic E-state index is 0.612. The summed E-state index contributed by atoms with van der Waals surface area (Å²) in [6.07, 6.45) is 0. The quantitative estimate of drug-likeness (QED) is 0.258. The Hall–Kier alpha value is -4.08. The maximum atomic E-state index is 7.64. The summed E-state index contributed by atoms with van der Waals surface area (Å²) in [7, 11) is 1.68. The first-order valence-corrected chi connectivity index (χ1v) is 12.8. The number of fused-ring (bicyclic) bond motifs is 2. The number of benzene rings is 4. The largest absolute Gasteiger partial charge is 0.497 e. The molecular weight excluding hydrogens is 476 g/mol. The fraction of sp³-hybridized carbons (Fsp3) is 0.121. The predicted molar refractivity (Wildman–Crippen MR) is 159 cm³/mol. The van der Waals surface area contributed by atoms with Crippen molar-refractivity contribution in [2.45, 2.75) is 20.8 Å². The van der Waals surface area contributed by atoms with E-state index in [9.17, 15) is 0 Å². The third-order valence-electron chi connectivity index (χ3n) is 5.83. The van der Waals surface area contributed by atoms with Gasteiger partial charge in [-0.3, -0.25) is 0 Å². The number of halogens is 1. The van der Waals surface area contributed by atoms with Crippen LogP contribution in [0.2, 0.25) is 5.02 Å². The third kappa shape index (κ3) is 6.19. The lowest BCUT2D eigenvalue weighted by atomic mass is 9.96. The monoisotopic (exact) mass is 508 g/mol. The van der Waals surface area contributed by atoms with E-state index in [0.29, 0.717) is 6.04 Å². The standard InChI is InChI=1S/C22H16ClNO.C9H9N.C2H6/c1-25-18-11-12-19(15-6-9-17(23)10-7-15)20(14-18)22-13-8-16-4-2-3-5-21(16)24-22;1-7-6-8-4-2-3-5-9(8)10-7;1-2/h2-14H,1H3;2-6,10H,1H3;1-2H3/i;6T;. The molecule has 0 bridgehead atoms. The molecule has 0 aliphatic rings. The molecular formula is C33H31ClN2O. The van der Waals surface area contributed by atoms with E-state index in [1.165, 1.54) is 0 Å². The summed E-state index contributed by atoms with van der Waals surface area (Å²) in [6, 6.07) is 34.7. The smallest absolute Gasteiger partial charge is 0.119 e. The highest BCUT2D eigenvalue weighted by atomic mass is 35.5. The van der Waals surface area contributed by atoms with Crippen molar-refractivity contribution in [1.29, 1.82) is 0 Å². The van der Waals surface area contributed by atoms with E-state index in [2.05, 4.69) is 29.2 Å². The second kappa shape index (κ2) is 12.2. The van der Waals surface area contributed by atoms with Gasteiger partial charge in [-0.05, 0) is 71.9 Å². The SMILES string of the molecule is CC.COc1ccc(-c2ccc(Cl)cc2)c(-c2ccc3ccccc3n2)c1.[3H]c1c(C)[nH]c2ccccc12. The van der Waals surface area contributed by atoms with Crippen molar-refractivity contribution in [2.75, 3.05) is 7.11 Å². The summed E-state index contributed by atoms with van der Waals surface area (Å²) < 4.78 is 13.1. The number of ether oxygens (including phenoxy) is 1. The Kier molecular flexibility index (Phi) is 8.14. The van der Waals surface area contributed by atoms with Crippen LogP contribution in [0, 0.1) is 6.92 Å². The van der Waals surface area contributed by atoms with Crippen LogP contribution in [0.4, 0.5) is 0 Å². The van der Waals surface area contributed by atoms with Crippen molar-refractivity contribution in [3.05, 3.63) is 120 Å². The molecule has 186 valence electrons. The molecule has 6 aromatic rings. The Labute approximate surface area is 225 Å². The zero-order chi connectivity index (χ0) is 27.1. The molecule has 0 radical (unpaired) electrons. The molecule has 0 spiro atoms. The molecule has 0 amide bonds. The predicted octanol–water partition coefficient (Wildman–Crippen LogP) is 9.73. The van der Waals surface area contributed by atoms with Crippen LogP contribution in [0.1, 0.15) is 20.9 Å². The van der Waals surface area contributed by atoms with Gasteiger partial charge in [-0.15, -0.1) is 0 Å². The van der Waals surface area contributed by atoms with Crippen LogP contribution in [-0.2, 0) is 0 Å². The molecule has 0 aliphatic heterocycles. The fourth-order valence-corrected chi connectivity index (χ4v) is 4.22. The van der Waals surface area contributed by atoms with Gasteiger partial charge in [0, 0.05) is 27.2 Å². The zero-order valence-corrected chi connectivity index (χ0v) is 22.3. The third-order valence-corrected chi connectivity index (χ3v) is 6.08. The molecule has 2 aromatic heterocycles. The number of nitrogens with zero attached hydrogens (tertiary/aromatic N) is 1. The van der Waals surface area contributed by atoms with Crippen LogP contribution < -0.4 is 4.74 Å². The van der Waals surface area contributed by atoms with Gasteiger partial charge in [0.15, 0.2) is 0 Å². The number of hydrogen-bond acceptors (Lipinski definition) is 2. The van der Waals surface area contributed by atoms with Gasteiger partial charge in [0.05, 0.1) is 19.7 Å². The summed E-state index contributed by atoms with van der Waals surface area (Å²) in [5.41, 5.74) is 7.11. The normalized spacial score (nSPS) is 10.7. The Morgan fingerprint density at radius 2 is 1.49 bits per heavy atom. The molecule has 0 saturated heterocycles. The molecule has 4 aromatic carbocycles. The van der Waals surface area contributed by atoms with Crippen LogP contribution in [0.5, 0.6) is 5.75 Å². The van der Waals surface area contributed by atoms with Crippen LogP contribution in [0.3, 0.4) is 0 Å². The van der Waals surface area contributed by atoms with Gasteiger partial charge < -0.3 is 9.72 Å². The van der Waals surface area contributed by atoms with Crippen molar-refractivity contribution < 1.29 is 6.11 Å². The average Bonchev–Trinajstić information content (AvgIpc) is 3.27. The first kappa shape index (κ1) is 24.6. The molecule has 37 heavy (non-hydrogen) atoms. The van der Waals surface area contributed by atoms with Crippen molar-refractivity contribution in [2.24, 2.45) is 0 Å². The van der Waals surface area contributed by atoms with Gasteiger partial charge >= 0.3 is 0 Å². The number of para-hydroxylation sites is 2. The van der Waals surface area contributed by atoms with Crippen LogP contribution in [-0.4, -0.2) is 17.1 Å². The summed E-state index contributed by atoms with van der Waals surface area (Å²) in [6.45, 7) is 5.92. The molecule has 0 aliphatic carbocycles. The lowest BCUT2D eigenvalue weighted by Gasteiger charge is -2.12. The summed E-state index contributed by atoms with van der Waals surface area (Å²) in [5.74, 6) is 0.808. The Morgan fingerprint density at radius 3 is 2.22 bits per heavy atom. The minimum Gasteiger partial charge on any atom is -0.497 e. The number of nitrogens with one attached hydrogen (secondary N) is 1. The number of aromatic amines is 1. The highest BCUT2D eigenvalue weighted by Crippen LogP contribution is 2.35. The Bertz CT molecular complexity index is 1660. The summed E-state index contributed by atoms with van der Waals surface area (Å²) >= 11 is 6.04. The first-order chi connectivity index (χ1) is 18.5. The van der Waals surface area contributed by atoms with Gasteiger partial charge in [-0.1, -0.05) is 86.1 Å². The van der Waals surface area contributed by atoms with Crippen molar-refractivity contribution in [1.82, 2.24) is 9.97 Å². The van der Waals surface area contributed by atoms with Crippen molar-refractivity contribution in [3.63, 3.8) is 0 Å². The van der Waals surface area contributed by atoms with E-state index in [0.717, 1.165) is 60.7 Å². The molecule has 0 unspecified atom stereocenters. The number of aromatic nitrogens is 2. The van der Waals surface area contributed by atoms with E-state index >= 15 is 0 Å². The molecule has 1 N–H and O–H groups in total. The maximum Gasteiger partial charge on any atom is 0.119 e. The first-order valence-electron chi connectivity index (χ1n) is 12.9. The molecule has 6 rings (SSSR count). The molecule has 2 heterocycles. The number of hydrogen-bond donors (Lipinski definition) is 1. The highest BCUT2D eigenvalue weighted by molar-refractivity contribution is 6.30. The van der Waals surface area contributed by atoms with Gasteiger partial charge in [-0.25, -0.2) is 4.98 Å². The minimum absolute atomic E-state index is 0.612. The molecule has 4 heteroatoms. The molecule has 0 saturated carbocycles. The number of methoxy groups -OCH3 is 1. The second-order valence-corrected chi connectivity index (χ2v) is 8.66. The maximum absolute atomic E-state index is 7.64. The van der Waals surface area contributed by atoms with Gasteiger partial charge in [0.25, 0.3) is 0 Å². The highest BCUT2D eigenvalue weighted by Gasteiger charge is 2.11. The average molecular weight is 509 g/mol. The Balaban J connectivity index is 0.000000215. The summed E-state index contributed by atoms with van der Waals surface area (Å²) in [5, 5.41) is 2.86. The van der Waals surface area contributed by atoms with Crippen LogP contribution >= 0.6 is 11.6 Å². The van der Waals surface area contributed by atoms with E-state index < -0.39 is 0 Å². The van der Waals surface area contributed by atoms with Crippen LogP contribution in [0.15, 0.2) is 109 Å². The van der Waals surface area contributed by atoms with E-state index in [-0.39, 0.29) is 0 Å². The van der Waals surface area contributed by atoms with Crippen LogP contribution in [0.25, 0.3) is 44.2 Å². The van der Waals surface area contributed by atoms with Crippen molar-refractivity contribution in [3.8, 4) is 28.1 Å². The lowest BCUT2D eigenvalue weighted by Crippen LogP contribution is -1.91. The molecule has 0 fully saturated rings. The summed E-state index contributed by atoms with van der Waals surface area (Å²) in [4.78, 5) is 7.98. The lowest BCUT2D eigenvalue weighted by molar-refractivity contribution is 0.415. The number of pyridine rings is 1. The van der Waals surface area contributed by atoms with Gasteiger partial charge in [-0.2, -0.15) is 0 Å². The molecule has 0 atom stereocenters. The van der Waals surface area contributed by atoms with Gasteiger partial charge in [0.2, 0.25) is 0 Å². The van der Waals surface area contributed by atoms with E-state index in [4.69, 9.17) is 22.7 Å².